The molecule has 1 aliphatic rings. The minimum absolute atomic E-state index is 0.340. The maximum absolute atomic E-state index is 11.4. The van der Waals surface area contributed by atoms with Gasteiger partial charge in [-0.3, -0.25) is 4.79 Å². The number of ketones is 1. The Morgan fingerprint density at radius 1 is 1.67 bits per heavy atom. The van der Waals surface area contributed by atoms with Crippen LogP contribution in [0.15, 0.2) is 12.7 Å². The molecule has 0 aromatic carbocycles. The van der Waals surface area contributed by atoms with Crippen LogP contribution in [0.2, 0.25) is 0 Å². The lowest BCUT2D eigenvalue weighted by atomic mass is 9.79. The SMILES string of the molecule is C=CCCC1CC(C)CCC1=O. The van der Waals surface area contributed by atoms with Crippen molar-refractivity contribution in [1.82, 2.24) is 0 Å². The van der Waals surface area contributed by atoms with E-state index in [9.17, 15) is 4.79 Å². The second kappa shape index (κ2) is 4.44. The van der Waals surface area contributed by atoms with Gasteiger partial charge in [0.25, 0.3) is 0 Å². The summed E-state index contributed by atoms with van der Waals surface area (Å²) in [7, 11) is 0. The zero-order valence-electron chi connectivity index (χ0n) is 7.88. The molecule has 1 aliphatic carbocycles. The smallest absolute Gasteiger partial charge is 0.136 e. The number of rotatable bonds is 3. The topological polar surface area (TPSA) is 17.1 Å². The standard InChI is InChI=1S/C11H18O/c1-3-4-5-10-8-9(2)6-7-11(10)12/h3,9-10H,1,4-8H2,2H3. The number of Topliss-reactive ketones (excluding diaryl/α,β-unsaturated/α-hetero) is 1. The van der Waals surface area contributed by atoms with E-state index in [0.717, 1.165) is 38.0 Å². The van der Waals surface area contributed by atoms with Crippen LogP contribution in [0.1, 0.15) is 39.0 Å². The maximum atomic E-state index is 11.4. The summed E-state index contributed by atoms with van der Waals surface area (Å²) in [6.07, 6.45) is 6.93. The quantitative estimate of drug-likeness (QED) is 0.589. The molecule has 2 atom stereocenters. The molecule has 0 N–H and O–H groups in total. The van der Waals surface area contributed by atoms with Gasteiger partial charge < -0.3 is 0 Å². The molecule has 0 aliphatic heterocycles. The van der Waals surface area contributed by atoms with Crippen molar-refractivity contribution in [3.8, 4) is 0 Å². The first kappa shape index (κ1) is 9.50. The Kier molecular flexibility index (Phi) is 3.51. The molecule has 12 heavy (non-hydrogen) atoms. The fourth-order valence-electron chi connectivity index (χ4n) is 1.93. The zero-order valence-corrected chi connectivity index (χ0v) is 7.88. The predicted octanol–water partition coefficient (Wildman–Crippen LogP) is 2.96. The van der Waals surface area contributed by atoms with Crippen molar-refractivity contribution in [2.75, 3.05) is 0 Å². The van der Waals surface area contributed by atoms with Crippen LogP contribution in [0.5, 0.6) is 0 Å². The molecular weight excluding hydrogens is 148 g/mol. The second-order valence-electron chi connectivity index (χ2n) is 3.91. The molecule has 0 amide bonds. The van der Waals surface area contributed by atoms with E-state index >= 15 is 0 Å². The number of hydrogen-bond acceptors (Lipinski definition) is 1. The van der Waals surface area contributed by atoms with Crippen molar-refractivity contribution in [2.24, 2.45) is 11.8 Å². The Balaban J connectivity index is 2.38. The fourth-order valence-corrected chi connectivity index (χ4v) is 1.93. The summed E-state index contributed by atoms with van der Waals surface area (Å²) in [6, 6.07) is 0. The van der Waals surface area contributed by atoms with E-state index < -0.39 is 0 Å². The Morgan fingerprint density at radius 3 is 3.08 bits per heavy atom. The highest BCUT2D eigenvalue weighted by Crippen LogP contribution is 2.28. The second-order valence-corrected chi connectivity index (χ2v) is 3.91. The fraction of sp³-hybridized carbons (Fsp3) is 0.727. The normalized spacial score (nSPS) is 30.2. The van der Waals surface area contributed by atoms with Crippen LogP contribution in [-0.2, 0) is 4.79 Å². The molecule has 0 aromatic heterocycles. The summed E-state index contributed by atoms with van der Waals surface area (Å²) in [5, 5.41) is 0. The molecule has 1 fully saturated rings. The summed E-state index contributed by atoms with van der Waals surface area (Å²) in [5.41, 5.74) is 0. The molecule has 0 bridgehead atoms. The van der Waals surface area contributed by atoms with Gasteiger partial charge in [-0.05, 0) is 31.6 Å². The minimum atomic E-state index is 0.340. The molecule has 68 valence electrons. The molecule has 1 heteroatoms. The van der Waals surface area contributed by atoms with Gasteiger partial charge in [-0.25, -0.2) is 0 Å². The lowest BCUT2D eigenvalue weighted by Gasteiger charge is -2.24. The molecule has 0 aromatic rings. The average Bonchev–Trinajstić information content (AvgIpc) is 2.07. The number of carbonyl (C=O) groups excluding carboxylic acids is 1. The van der Waals surface area contributed by atoms with Crippen molar-refractivity contribution in [2.45, 2.75) is 39.0 Å². The summed E-state index contributed by atoms with van der Waals surface area (Å²) >= 11 is 0. The van der Waals surface area contributed by atoms with Gasteiger partial charge in [-0.15, -0.1) is 6.58 Å². The van der Waals surface area contributed by atoms with Crippen LogP contribution >= 0.6 is 0 Å². The third kappa shape index (κ3) is 2.47. The summed E-state index contributed by atoms with van der Waals surface area (Å²) in [5.74, 6) is 1.57. The van der Waals surface area contributed by atoms with Gasteiger partial charge in [0.1, 0.15) is 5.78 Å². The maximum Gasteiger partial charge on any atom is 0.136 e. The number of allylic oxidation sites excluding steroid dienone is 1. The summed E-state index contributed by atoms with van der Waals surface area (Å²) in [6.45, 7) is 5.92. The van der Waals surface area contributed by atoms with Gasteiger partial charge in [0.05, 0.1) is 0 Å². The molecular formula is C11H18O. The molecule has 1 saturated carbocycles. The van der Waals surface area contributed by atoms with E-state index in [-0.39, 0.29) is 0 Å². The van der Waals surface area contributed by atoms with Gasteiger partial charge in [0.15, 0.2) is 0 Å². The lowest BCUT2D eigenvalue weighted by molar-refractivity contribution is -0.125. The number of carbonyl (C=O) groups is 1. The van der Waals surface area contributed by atoms with Crippen molar-refractivity contribution >= 4 is 5.78 Å². The van der Waals surface area contributed by atoms with Gasteiger partial charge >= 0.3 is 0 Å². The molecule has 0 saturated heterocycles. The highest BCUT2D eigenvalue weighted by atomic mass is 16.1. The Bertz CT molecular complexity index is 172. The summed E-state index contributed by atoms with van der Waals surface area (Å²) < 4.78 is 0. The van der Waals surface area contributed by atoms with Gasteiger partial charge in [0.2, 0.25) is 0 Å². The van der Waals surface area contributed by atoms with Crippen LogP contribution < -0.4 is 0 Å². The largest absolute Gasteiger partial charge is 0.299 e. The molecule has 0 heterocycles. The van der Waals surface area contributed by atoms with Gasteiger partial charge in [-0.1, -0.05) is 13.0 Å². The van der Waals surface area contributed by atoms with Crippen LogP contribution in [0.4, 0.5) is 0 Å². The third-order valence-corrected chi connectivity index (χ3v) is 2.75. The van der Waals surface area contributed by atoms with Crippen molar-refractivity contribution < 1.29 is 4.79 Å². The first-order valence-corrected chi connectivity index (χ1v) is 4.87. The van der Waals surface area contributed by atoms with Crippen LogP contribution in [0.25, 0.3) is 0 Å². The molecule has 1 nitrogen and oxygen atoms in total. The Morgan fingerprint density at radius 2 is 2.42 bits per heavy atom. The Hall–Kier alpha value is -0.590. The minimum Gasteiger partial charge on any atom is -0.299 e. The van der Waals surface area contributed by atoms with Crippen molar-refractivity contribution in [3.05, 3.63) is 12.7 Å². The van der Waals surface area contributed by atoms with E-state index in [0.29, 0.717) is 11.7 Å². The highest BCUT2D eigenvalue weighted by molar-refractivity contribution is 5.81. The van der Waals surface area contributed by atoms with Crippen molar-refractivity contribution in [3.63, 3.8) is 0 Å². The van der Waals surface area contributed by atoms with Gasteiger partial charge in [-0.2, -0.15) is 0 Å². The van der Waals surface area contributed by atoms with Crippen LogP contribution in [0.3, 0.4) is 0 Å². The summed E-state index contributed by atoms with van der Waals surface area (Å²) in [4.78, 5) is 11.4. The van der Waals surface area contributed by atoms with E-state index in [1.54, 1.807) is 0 Å². The Labute approximate surface area is 74.9 Å². The predicted molar refractivity (Wildman–Crippen MR) is 50.9 cm³/mol. The van der Waals surface area contributed by atoms with Crippen LogP contribution in [-0.4, -0.2) is 5.78 Å². The third-order valence-electron chi connectivity index (χ3n) is 2.75. The van der Waals surface area contributed by atoms with E-state index in [2.05, 4.69) is 13.5 Å². The van der Waals surface area contributed by atoms with Crippen molar-refractivity contribution in [1.29, 1.82) is 0 Å². The monoisotopic (exact) mass is 166 g/mol. The first-order valence-electron chi connectivity index (χ1n) is 4.87. The van der Waals surface area contributed by atoms with Crippen LogP contribution in [0, 0.1) is 11.8 Å². The highest BCUT2D eigenvalue weighted by Gasteiger charge is 2.25. The molecule has 2 unspecified atom stereocenters. The molecule has 0 spiro atoms. The average molecular weight is 166 g/mol. The first-order chi connectivity index (χ1) is 5.74. The number of hydrogen-bond donors (Lipinski definition) is 0. The molecule has 1 rings (SSSR count). The molecule has 0 radical (unpaired) electrons. The van der Waals surface area contributed by atoms with E-state index in [4.69, 9.17) is 0 Å². The lowest BCUT2D eigenvalue weighted by Crippen LogP contribution is -2.23. The van der Waals surface area contributed by atoms with Gasteiger partial charge in [0, 0.05) is 12.3 Å². The van der Waals surface area contributed by atoms with E-state index in [1.807, 2.05) is 6.08 Å². The van der Waals surface area contributed by atoms with E-state index in [1.165, 1.54) is 0 Å². The zero-order chi connectivity index (χ0) is 8.97.